The van der Waals surface area contributed by atoms with Crippen molar-refractivity contribution in [2.75, 3.05) is 0 Å². The van der Waals surface area contributed by atoms with Crippen molar-refractivity contribution in [3.63, 3.8) is 0 Å². The van der Waals surface area contributed by atoms with Crippen molar-refractivity contribution in [1.82, 2.24) is 0 Å². The molecule has 0 heterocycles. The van der Waals surface area contributed by atoms with Gasteiger partial charge in [-0.2, -0.15) is 0 Å². The quantitative estimate of drug-likeness (QED) is 0.600. The van der Waals surface area contributed by atoms with Gasteiger partial charge in [0.2, 0.25) is 0 Å². The van der Waals surface area contributed by atoms with E-state index < -0.39 is 5.97 Å². The molecule has 0 amide bonds. The summed E-state index contributed by atoms with van der Waals surface area (Å²) in [7, 11) is 0. The molecule has 0 bridgehead atoms. The summed E-state index contributed by atoms with van der Waals surface area (Å²) in [6, 6.07) is 0. The molecule has 2 aliphatic rings. The maximum absolute atomic E-state index is 12.7. The van der Waals surface area contributed by atoms with Gasteiger partial charge in [-0.15, -0.1) is 0 Å². The Balaban J connectivity index is 2.31. The highest BCUT2D eigenvalue weighted by atomic mass is 16.4. The van der Waals surface area contributed by atoms with E-state index in [1.54, 1.807) is 0 Å². The first-order valence-corrected chi connectivity index (χ1v) is 8.71. The zero-order chi connectivity index (χ0) is 17.4. The Labute approximate surface area is 139 Å². The van der Waals surface area contributed by atoms with Crippen molar-refractivity contribution < 1.29 is 14.7 Å². The molecule has 23 heavy (non-hydrogen) atoms. The van der Waals surface area contributed by atoms with Crippen molar-refractivity contribution in [3.05, 3.63) is 23.3 Å². The smallest absolute Gasteiger partial charge is 0.328 e. The lowest BCUT2D eigenvalue weighted by molar-refractivity contribution is -0.142. The number of ketones is 1. The molecule has 0 aromatic carbocycles. The highest BCUT2D eigenvalue weighted by molar-refractivity contribution is 5.84. The van der Waals surface area contributed by atoms with Gasteiger partial charge in [-0.25, -0.2) is 4.79 Å². The predicted octanol–water partition coefficient (Wildman–Crippen LogP) is 4.78. The predicted molar refractivity (Wildman–Crippen MR) is 92.1 cm³/mol. The average Bonchev–Trinajstić information content (AvgIpc) is 2.45. The molecular weight excluding hydrogens is 288 g/mol. The molecular formula is C20H30O3. The topological polar surface area (TPSA) is 54.4 Å². The molecule has 1 fully saturated rings. The van der Waals surface area contributed by atoms with E-state index in [1.807, 2.05) is 6.92 Å². The Hall–Kier alpha value is -1.38. The third-order valence-corrected chi connectivity index (χ3v) is 6.81. The zero-order valence-electron chi connectivity index (χ0n) is 15.1. The highest BCUT2D eigenvalue weighted by Crippen LogP contribution is 2.60. The van der Waals surface area contributed by atoms with Gasteiger partial charge < -0.3 is 5.11 Å². The summed E-state index contributed by atoms with van der Waals surface area (Å²) >= 11 is 0. The maximum atomic E-state index is 12.7. The van der Waals surface area contributed by atoms with Gasteiger partial charge >= 0.3 is 5.97 Å². The molecule has 3 heteroatoms. The van der Waals surface area contributed by atoms with Gasteiger partial charge in [0.1, 0.15) is 5.78 Å². The number of carbonyl (C=O) groups is 2. The van der Waals surface area contributed by atoms with Crippen LogP contribution >= 0.6 is 0 Å². The number of fused-ring (bicyclic) bond motifs is 1. The first-order chi connectivity index (χ1) is 10.6. The van der Waals surface area contributed by atoms with Gasteiger partial charge in [0.25, 0.3) is 0 Å². The van der Waals surface area contributed by atoms with E-state index in [1.165, 1.54) is 11.6 Å². The number of carboxylic acids is 1. The largest absolute Gasteiger partial charge is 0.478 e. The minimum atomic E-state index is -0.887. The van der Waals surface area contributed by atoms with Crippen LogP contribution in [0, 0.1) is 22.7 Å². The van der Waals surface area contributed by atoms with Crippen LogP contribution in [0.3, 0.4) is 0 Å². The summed E-state index contributed by atoms with van der Waals surface area (Å²) in [5.74, 6) is 0.0110. The minimum absolute atomic E-state index is 0.0268. The van der Waals surface area contributed by atoms with Crippen LogP contribution < -0.4 is 0 Å². The SMILES string of the molecule is CC1=CCC[C@@H]2[C@@](C)(CC/C(C)=C/C(=O)O)[C@H](C)C(=O)C[C@@]12C. The standard InChI is InChI=1S/C20H30O3/c1-13(11-18(22)23)9-10-19(4)15(3)16(21)12-20(5)14(2)7-6-8-17(19)20/h7,11,15,17H,6,8-10,12H2,1-5H3,(H,22,23)/b13-11+/t15-,17-,19+,20+/m1/s1. The van der Waals surface area contributed by atoms with Gasteiger partial charge in [-0.3, -0.25) is 4.79 Å². The average molecular weight is 318 g/mol. The summed E-state index contributed by atoms with van der Waals surface area (Å²) in [6.45, 7) is 10.6. The molecule has 0 saturated heterocycles. The monoisotopic (exact) mass is 318 g/mol. The lowest BCUT2D eigenvalue weighted by Crippen LogP contribution is -2.53. The number of hydrogen-bond acceptors (Lipinski definition) is 2. The second-order valence-electron chi connectivity index (χ2n) is 8.13. The number of carboxylic acid groups (broad SMARTS) is 1. The van der Waals surface area contributed by atoms with Crippen LogP contribution in [-0.2, 0) is 9.59 Å². The summed E-state index contributed by atoms with van der Waals surface area (Å²) in [4.78, 5) is 23.5. The van der Waals surface area contributed by atoms with Crippen LogP contribution in [0.2, 0.25) is 0 Å². The van der Waals surface area contributed by atoms with Crippen LogP contribution in [0.25, 0.3) is 0 Å². The van der Waals surface area contributed by atoms with Gasteiger partial charge in [-0.1, -0.05) is 38.0 Å². The van der Waals surface area contributed by atoms with Crippen molar-refractivity contribution in [1.29, 1.82) is 0 Å². The molecule has 0 aromatic heterocycles. The van der Waals surface area contributed by atoms with Crippen LogP contribution in [0.15, 0.2) is 23.3 Å². The molecule has 0 radical (unpaired) electrons. The van der Waals surface area contributed by atoms with Crippen LogP contribution in [0.5, 0.6) is 0 Å². The Morgan fingerprint density at radius 2 is 2.09 bits per heavy atom. The van der Waals surface area contributed by atoms with E-state index in [0.717, 1.165) is 31.3 Å². The Bertz CT molecular complexity index is 571. The molecule has 0 spiro atoms. The Kier molecular flexibility index (Phi) is 4.89. The fourth-order valence-electron chi connectivity index (χ4n) is 4.94. The molecule has 128 valence electrons. The number of rotatable bonds is 4. The van der Waals surface area contributed by atoms with E-state index in [-0.39, 0.29) is 16.7 Å². The molecule has 2 aliphatic carbocycles. The van der Waals surface area contributed by atoms with Crippen LogP contribution in [0.4, 0.5) is 0 Å². The lowest BCUT2D eigenvalue weighted by atomic mass is 9.46. The Morgan fingerprint density at radius 3 is 2.70 bits per heavy atom. The van der Waals surface area contributed by atoms with Gasteiger partial charge in [0.05, 0.1) is 0 Å². The van der Waals surface area contributed by atoms with E-state index in [9.17, 15) is 9.59 Å². The van der Waals surface area contributed by atoms with Gasteiger partial charge in [-0.05, 0) is 56.3 Å². The van der Waals surface area contributed by atoms with Crippen LogP contribution in [-0.4, -0.2) is 16.9 Å². The molecule has 0 aliphatic heterocycles. The number of allylic oxidation sites excluding steroid dienone is 3. The molecule has 0 aromatic rings. The second-order valence-corrected chi connectivity index (χ2v) is 8.13. The van der Waals surface area contributed by atoms with Gasteiger partial charge in [0.15, 0.2) is 0 Å². The number of carbonyl (C=O) groups excluding carboxylic acids is 1. The van der Waals surface area contributed by atoms with Gasteiger partial charge in [0, 0.05) is 18.4 Å². The summed E-state index contributed by atoms with van der Waals surface area (Å²) in [6.07, 6.45) is 8.09. The molecule has 4 atom stereocenters. The molecule has 2 rings (SSSR count). The number of Topliss-reactive ketones (excluding diaryl/α,β-unsaturated/α-hetero) is 1. The summed E-state index contributed by atoms with van der Waals surface area (Å²) in [5, 5.41) is 8.90. The summed E-state index contributed by atoms with van der Waals surface area (Å²) < 4.78 is 0. The lowest BCUT2D eigenvalue weighted by Gasteiger charge is -2.57. The molecule has 3 nitrogen and oxygen atoms in total. The third kappa shape index (κ3) is 3.15. The fourth-order valence-corrected chi connectivity index (χ4v) is 4.94. The first-order valence-electron chi connectivity index (χ1n) is 8.71. The number of hydrogen-bond donors (Lipinski definition) is 1. The maximum Gasteiger partial charge on any atom is 0.328 e. The second kappa shape index (κ2) is 6.26. The van der Waals surface area contributed by atoms with E-state index in [4.69, 9.17) is 5.11 Å². The zero-order valence-corrected chi connectivity index (χ0v) is 15.1. The number of aliphatic carboxylic acids is 1. The fraction of sp³-hybridized carbons (Fsp3) is 0.700. The third-order valence-electron chi connectivity index (χ3n) is 6.81. The van der Waals surface area contributed by atoms with E-state index in [2.05, 4.69) is 33.8 Å². The minimum Gasteiger partial charge on any atom is -0.478 e. The van der Waals surface area contributed by atoms with E-state index >= 15 is 0 Å². The molecule has 1 saturated carbocycles. The molecule has 1 N–H and O–H groups in total. The van der Waals surface area contributed by atoms with Crippen molar-refractivity contribution in [2.24, 2.45) is 22.7 Å². The van der Waals surface area contributed by atoms with Crippen molar-refractivity contribution >= 4 is 11.8 Å². The normalized spacial score (nSPS) is 38.0. The first kappa shape index (κ1) is 18.0. The Morgan fingerprint density at radius 1 is 1.43 bits per heavy atom. The highest BCUT2D eigenvalue weighted by Gasteiger charge is 2.56. The molecule has 0 unspecified atom stereocenters. The van der Waals surface area contributed by atoms with E-state index in [0.29, 0.717) is 18.1 Å². The van der Waals surface area contributed by atoms with Crippen molar-refractivity contribution in [2.45, 2.75) is 66.7 Å². The van der Waals surface area contributed by atoms with Crippen LogP contribution in [0.1, 0.15) is 66.7 Å². The van der Waals surface area contributed by atoms with Crippen molar-refractivity contribution in [3.8, 4) is 0 Å². The summed E-state index contributed by atoms with van der Waals surface area (Å²) in [5.41, 5.74) is 2.15.